The van der Waals surface area contributed by atoms with E-state index in [2.05, 4.69) is 17.8 Å². The van der Waals surface area contributed by atoms with E-state index in [1.54, 1.807) is 6.07 Å². The Labute approximate surface area is 118 Å². The molecule has 1 aromatic carbocycles. The molecular weight excluding hydrogens is 262 g/mol. The zero-order valence-corrected chi connectivity index (χ0v) is 11.8. The highest BCUT2D eigenvalue weighted by Gasteiger charge is 2.22. The lowest BCUT2D eigenvalue weighted by atomic mass is 9.83. The van der Waals surface area contributed by atoms with Crippen LogP contribution in [-0.4, -0.2) is 7.11 Å². The van der Waals surface area contributed by atoms with Crippen molar-refractivity contribution in [2.75, 3.05) is 7.11 Å². The second-order valence-electron chi connectivity index (χ2n) is 4.69. The number of nitrogens with two attached hydrogens (primary N) is 1. The molecule has 3 nitrogen and oxygen atoms in total. The molecule has 0 saturated heterocycles. The Morgan fingerprint density at radius 1 is 1.30 bits per heavy atom. The predicted octanol–water partition coefficient (Wildman–Crippen LogP) is 3.61. The normalized spacial score (nSPS) is 15.0. The smallest absolute Gasteiger partial charge is 0.200 e. The van der Waals surface area contributed by atoms with E-state index in [0.717, 1.165) is 31.2 Å². The second-order valence-corrected chi connectivity index (χ2v) is 4.69. The summed E-state index contributed by atoms with van der Waals surface area (Å²) in [4.78, 5) is 0. The van der Waals surface area contributed by atoms with E-state index < -0.39 is 11.6 Å². The van der Waals surface area contributed by atoms with E-state index in [1.807, 2.05) is 0 Å². The van der Waals surface area contributed by atoms with Crippen LogP contribution in [0.4, 0.5) is 8.78 Å². The lowest BCUT2D eigenvalue weighted by Crippen LogP contribution is -2.11. The van der Waals surface area contributed by atoms with E-state index in [1.165, 1.54) is 25.8 Å². The summed E-state index contributed by atoms with van der Waals surface area (Å²) in [5.74, 6) is 3.38. The molecule has 0 radical (unpaired) electrons. The highest BCUT2D eigenvalue weighted by molar-refractivity contribution is 5.38. The fourth-order valence-electron chi connectivity index (χ4n) is 2.49. The summed E-state index contributed by atoms with van der Waals surface area (Å²) >= 11 is 0. The van der Waals surface area contributed by atoms with Crippen molar-refractivity contribution in [1.82, 2.24) is 5.43 Å². The maximum absolute atomic E-state index is 13.5. The third kappa shape index (κ3) is 4.20. The van der Waals surface area contributed by atoms with Gasteiger partial charge >= 0.3 is 0 Å². The van der Waals surface area contributed by atoms with E-state index in [0.29, 0.717) is 5.92 Å². The van der Waals surface area contributed by atoms with Gasteiger partial charge in [-0.1, -0.05) is 31.9 Å². The van der Waals surface area contributed by atoms with Crippen molar-refractivity contribution in [2.24, 2.45) is 5.84 Å². The number of rotatable bonds is 3. The van der Waals surface area contributed by atoms with Gasteiger partial charge in [0.05, 0.1) is 7.11 Å². The maximum Gasteiger partial charge on any atom is 0.200 e. The summed E-state index contributed by atoms with van der Waals surface area (Å²) in [6, 6.07) is 2.86. The third-order valence-electron chi connectivity index (χ3n) is 3.45. The zero-order valence-electron chi connectivity index (χ0n) is 11.8. The Morgan fingerprint density at radius 3 is 2.40 bits per heavy atom. The average molecular weight is 284 g/mol. The highest BCUT2D eigenvalue weighted by Crippen LogP contribution is 2.38. The van der Waals surface area contributed by atoms with Crippen LogP contribution >= 0.6 is 0 Å². The van der Waals surface area contributed by atoms with Crippen LogP contribution in [0.25, 0.3) is 0 Å². The molecule has 112 valence electrons. The molecule has 0 aromatic heterocycles. The first-order valence-electron chi connectivity index (χ1n) is 6.74. The zero-order chi connectivity index (χ0) is 15.0. The quantitative estimate of drug-likeness (QED) is 0.658. The minimum Gasteiger partial charge on any atom is -0.493 e. The summed E-state index contributed by atoms with van der Waals surface area (Å²) in [6.45, 7) is 3.24. The largest absolute Gasteiger partial charge is 0.493 e. The first-order valence-corrected chi connectivity index (χ1v) is 6.74. The van der Waals surface area contributed by atoms with Gasteiger partial charge in [-0.3, -0.25) is 5.84 Å². The van der Waals surface area contributed by atoms with E-state index in [4.69, 9.17) is 4.74 Å². The van der Waals surface area contributed by atoms with Crippen LogP contribution in [0.15, 0.2) is 24.9 Å². The van der Waals surface area contributed by atoms with Gasteiger partial charge in [-0.15, -0.1) is 0 Å². The molecule has 1 aliphatic carbocycles. The Morgan fingerprint density at radius 2 is 1.90 bits per heavy atom. The molecule has 0 amide bonds. The SMILES string of the molecule is C=CNN.COc1c(C2CCCCC2)ccc(F)c1F. The molecule has 1 saturated carbocycles. The van der Waals surface area contributed by atoms with Crippen molar-refractivity contribution in [3.05, 3.63) is 42.1 Å². The molecule has 1 aromatic rings. The van der Waals surface area contributed by atoms with Crippen LogP contribution in [0.1, 0.15) is 43.6 Å². The number of methoxy groups -OCH3 is 1. The second kappa shape index (κ2) is 8.53. The molecule has 1 fully saturated rings. The molecule has 0 atom stereocenters. The van der Waals surface area contributed by atoms with Crippen molar-refractivity contribution < 1.29 is 13.5 Å². The van der Waals surface area contributed by atoms with Crippen LogP contribution in [-0.2, 0) is 0 Å². The van der Waals surface area contributed by atoms with Crippen LogP contribution in [0, 0.1) is 11.6 Å². The number of ether oxygens (including phenoxy) is 1. The van der Waals surface area contributed by atoms with Crippen LogP contribution < -0.4 is 16.0 Å². The molecular formula is C15H22F2N2O. The summed E-state index contributed by atoms with van der Waals surface area (Å²) < 4.78 is 31.6. The molecule has 0 aliphatic heterocycles. The van der Waals surface area contributed by atoms with Gasteiger partial charge in [-0.2, -0.15) is 4.39 Å². The Bertz CT molecular complexity index is 432. The minimum absolute atomic E-state index is 0.0897. The van der Waals surface area contributed by atoms with Gasteiger partial charge in [-0.25, -0.2) is 4.39 Å². The molecule has 20 heavy (non-hydrogen) atoms. The van der Waals surface area contributed by atoms with Gasteiger partial charge in [-0.05, 0) is 24.8 Å². The van der Waals surface area contributed by atoms with E-state index in [9.17, 15) is 8.78 Å². The topological polar surface area (TPSA) is 47.3 Å². The van der Waals surface area contributed by atoms with E-state index >= 15 is 0 Å². The summed E-state index contributed by atoms with van der Waals surface area (Å²) in [5, 5.41) is 0. The minimum atomic E-state index is -0.856. The van der Waals surface area contributed by atoms with Gasteiger partial charge in [0.15, 0.2) is 11.6 Å². The van der Waals surface area contributed by atoms with Crippen LogP contribution in [0.3, 0.4) is 0 Å². The monoisotopic (exact) mass is 284 g/mol. The lowest BCUT2D eigenvalue weighted by Gasteiger charge is -2.23. The highest BCUT2D eigenvalue weighted by atomic mass is 19.2. The number of hydrogen-bond acceptors (Lipinski definition) is 3. The Hall–Kier alpha value is -1.62. The molecule has 0 spiro atoms. The van der Waals surface area contributed by atoms with Crippen molar-refractivity contribution in [3.8, 4) is 5.75 Å². The number of hydrazine groups is 1. The Kier molecular flexibility index (Phi) is 7.01. The molecule has 0 unspecified atom stereocenters. The van der Waals surface area contributed by atoms with Crippen molar-refractivity contribution in [2.45, 2.75) is 38.0 Å². The molecule has 2 rings (SSSR count). The van der Waals surface area contributed by atoms with Crippen molar-refractivity contribution in [3.63, 3.8) is 0 Å². The molecule has 0 heterocycles. The predicted molar refractivity (Wildman–Crippen MR) is 76.3 cm³/mol. The average Bonchev–Trinajstić information content (AvgIpc) is 2.51. The fraction of sp³-hybridized carbons (Fsp3) is 0.467. The van der Waals surface area contributed by atoms with Crippen LogP contribution in [0.5, 0.6) is 5.75 Å². The number of nitrogens with one attached hydrogen (secondary N) is 1. The fourth-order valence-corrected chi connectivity index (χ4v) is 2.49. The maximum atomic E-state index is 13.5. The summed E-state index contributed by atoms with van der Waals surface area (Å²) in [5.41, 5.74) is 3.01. The van der Waals surface area contributed by atoms with Crippen LogP contribution in [0.2, 0.25) is 0 Å². The van der Waals surface area contributed by atoms with Gasteiger partial charge in [0.1, 0.15) is 0 Å². The molecule has 5 heteroatoms. The Balaban J connectivity index is 0.000000444. The molecule has 1 aliphatic rings. The molecule has 0 bridgehead atoms. The third-order valence-corrected chi connectivity index (χ3v) is 3.45. The summed E-state index contributed by atoms with van der Waals surface area (Å²) in [6.07, 6.45) is 7.05. The van der Waals surface area contributed by atoms with Gasteiger partial charge in [0.2, 0.25) is 5.82 Å². The van der Waals surface area contributed by atoms with Gasteiger partial charge in [0, 0.05) is 11.8 Å². The van der Waals surface area contributed by atoms with Gasteiger partial charge < -0.3 is 10.2 Å². The number of benzene rings is 1. The first-order chi connectivity index (χ1) is 9.65. The lowest BCUT2D eigenvalue weighted by molar-refractivity contribution is 0.353. The van der Waals surface area contributed by atoms with Crippen molar-refractivity contribution >= 4 is 0 Å². The van der Waals surface area contributed by atoms with E-state index in [-0.39, 0.29) is 5.75 Å². The standard InChI is InChI=1S/C13H16F2O.C2H6N2/c1-16-13-10(7-8-11(14)12(13)15)9-5-3-2-4-6-9;1-2-4-3/h7-9H,2-6H2,1H3;2,4H,1,3H2. The molecule has 3 N–H and O–H groups in total. The summed E-state index contributed by atoms with van der Waals surface area (Å²) in [7, 11) is 1.39. The van der Waals surface area contributed by atoms with Gasteiger partial charge in [0.25, 0.3) is 0 Å². The number of halogens is 2. The first kappa shape index (κ1) is 16.4. The van der Waals surface area contributed by atoms with Crippen molar-refractivity contribution in [1.29, 1.82) is 0 Å². The number of hydrogen-bond donors (Lipinski definition) is 2.